The van der Waals surface area contributed by atoms with Gasteiger partial charge in [-0.2, -0.15) is 4.98 Å². The number of hydrogen-bond acceptors (Lipinski definition) is 7. The monoisotopic (exact) mass is 396 g/mol. The third-order valence-electron chi connectivity index (χ3n) is 5.26. The van der Waals surface area contributed by atoms with E-state index in [9.17, 15) is 9.59 Å². The lowest BCUT2D eigenvalue weighted by Crippen LogP contribution is -2.50. The number of anilines is 3. The van der Waals surface area contributed by atoms with Crippen molar-refractivity contribution < 1.29 is 14.3 Å². The summed E-state index contributed by atoms with van der Waals surface area (Å²) in [6.07, 6.45) is 2.03. The van der Waals surface area contributed by atoms with Crippen LogP contribution in [-0.4, -0.2) is 40.5 Å². The first-order valence-electron chi connectivity index (χ1n) is 9.66. The van der Waals surface area contributed by atoms with Crippen LogP contribution in [0.25, 0.3) is 11.1 Å². The highest BCUT2D eigenvalue weighted by atomic mass is 16.5. The summed E-state index contributed by atoms with van der Waals surface area (Å²) in [5.74, 6) is 0.847. The van der Waals surface area contributed by atoms with Gasteiger partial charge in [0.05, 0.1) is 11.4 Å². The number of hydrogen-bond donors (Lipinski definition) is 3. The number of aryl methyl sites for hydroxylation is 1. The van der Waals surface area contributed by atoms with Gasteiger partial charge in [0.1, 0.15) is 11.6 Å². The summed E-state index contributed by atoms with van der Waals surface area (Å²) >= 11 is 0. The molecule has 1 fully saturated rings. The van der Waals surface area contributed by atoms with Gasteiger partial charge < -0.3 is 26.4 Å². The Bertz CT molecular complexity index is 1000. The highest BCUT2D eigenvalue weighted by molar-refractivity contribution is 6.05. The van der Waals surface area contributed by atoms with E-state index in [1.54, 1.807) is 4.90 Å². The molecule has 1 aromatic heterocycles. The number of nitrogens with two attached hydrogens (primary N) is 2. The van der Waals surface area contributed by atoms with Crippen LogP contribution in [0.2, 0.25) is 0 Å². The zero-order valence-electron chi connectivity index (χ0n) is 16.5. The Hall–Kier alpha value is -3.36. The maximum Gasteiger partial charge on any atom is 0.271 e. The van der Waals surface area contributed by atoms with Gasteiger partial charge in [-0.25, -0.2) is 4.98 Å². The lowest BCUT2D eigenvalue weighted by atomic mass is 10.0. The molecule has 2 amide bonds. The van der Waals surface area contributed by atoms with Crippen LogP contribution in [0.4, 0.5) is 17.5 Å². The molecule has 4 rings (SSSR count). The molecule has 0 bridgehead atoms. The summed E-state index contributed by atoms with van der Waals surface area (Å²) in [6, 6.07) is 5.60. The Morgan fingerprint density at radius 1 is 1.31 bits per heavy atom. The molecular formula is C20H24N6O3. The second kappa shape index (κ2) is 6.91. The first-order chi connectivity index (χ1) is 13.8. The standard InChI is InChI=1S/C20H24N6O3/c1-3-13-16(17(21)25-19(22)24-13)12-4-5-15-14(10-12)26(9-8-23-11(2)27)18(28)20(29-15)6-7-20/h4-5,10H,3,6-9H2,1-2H3,(H,23,27)(H4,21,22,24,25). The minimum atomic E-state index is -0.761. The average molecular weight is 396 g/mol. The number of amides is 2. The Labute approximate surface area is 168 Å². The number of carbonyl (C=O) groups excluding carboxylic acids is 2. The summed E-state index contributed by atoms with van der Waals surface area (Å²) < 4.78 is 6.04. The van der Waals surface area contributed by atoms with Crippen molar-refractivity contribution in [3.63, 3.8) is 0 Å². The van der Waals surface area contributed by atoms with Crippen molar-refractivity contribution in [3.05, 3.63) is 23.9 Å². The highest BCUT2D eigenvalue weighted by Gasteiger charge is 2.57. The van der Waals surface area contributed by atoms with Crippen LogP contribution in [0.1, 0.15) is 32.4 Å². The number of nitrogens with zero attached hydrogens (tertiary/aromatic N) is 3. The van der Waals surface area contributed by atoms with E-state index >= 15 is 0 Å². The number of carbonyl (C=O) groups is 2. The van der Waals surface area contributed by atoms with Crippen molar-refractivity contribution in [2.24, 2.45) is 0 Å². The zero-order valence-corrected chi connectivity index (χ0v) is 16.5. The predicted molar refractivity (Wildman–Crippen MR) is 109 cm³/mol. The van der Waals surface area contributed by atoms with Gasteiger partial charge in [0, 0.05) is 38.4 Å². The number of benzene rings is 1. The number of fused-ring (bicyclic) bond motifs is 1. The highest BCUT2D eigenvalue weighted by Crippen LogP contribution is 2.50. The average Bonchev–Trinajstić information content (AvgIpc) is 3.44. The normalized spacial score (nSPS) is 16.3. The molecule has 0 radical (unpaired) electrons. The summed E-state index contributed by atoms with van der Waals surface area (Å²) in [4.78, 5) is 34.4. The van der Waals surface area contributed by atoms with E-state index in [0.29, 0.717) is 55.2 Å². The van der Waals surface area contributed by atoms with Crippen molar-refractivity contribution in [1.82, 2.24) is 15.3 Å². The van der Waals surface area contributed by atoms with Crippen molar-refractivity contribution in [2.75, 3.05) is 29.5 Å². The van der Waals surface area contributed by atoms with E-state index in [-0.39, 0.29) is 17.8 Å². The molecule has 1 spiro atoms. The minimum absolute atomic E-state index is 0.0789. The summed E-state index contributed by atoms with van der Waals surface area (Å²) in [5, 5.41) is 2.74. The van der Waals surface area contributed by atoms with E-state index < -0.39 is 5.60 Å². The summed E-state index contributed by atoms with van der Waals surface area (Å²) in [7, 11) is 0. The van der Waals surface area contributed by atoms with E-state index in [1.807, 2.05) is 25.1 Å². The van der Waals surface area contributed by atoms with Crippen molar-refractivity contribution in [2.45, 2.75) is 38.7 Å². The molecule has 9 heteroatoms. The first kappa shape index (κ1) is 19.0. The molecule has 1 aromatic carbocycles. The Morgan fingerprint density at radius 3 is 2.72 bits per heavy atom. The molecule has 0 atom stereocenters. The van der Waals surface area contributed by atoms with Crippen LogP contribution in [-0.2, 0) is 16.0 Å². The van der Waals surface area contributed by atoms with Crippen LogP contribution < -0.4 is 26.4 Å². The number of ether oxygens (including phenoxy) is 1. The van der Waals surface area contributed by atoms with E-state index in [0.717, 1.165) is 11.3 Å². The Kier molecular flexibility index (Phi) is 4.52. The van der Waals surface area contributed by atoms with Gasteiger partial charge in [0.2, 0.25) is 11.9 Å². The number of nitrogens with one attached hydrogen (secondary N) is 1. The third-order valence-corrected chi connectivity index (χ3v) is 5.26. The molecule has 0 unspecified atom stereocenters. The van der Waals surface area contributed by atoms with Crippen LogP contribution in [0, 0.1) is 0 Å². The van der Waals surface area contributed by atoms with Gasteiger partial charge in [0.15, 0.2) is 5.60 Å². The molecule has 1 aliphatic carbocycles. The molecule has 1 aliphatic heterocycles. The van der Waals surface area contributed by atoms with Gasteiger partial charge in [-0.05, 0) is 24.1 Å². The number of aromatic nitrogens is 2. The maximum absolute atomic E-state index is 13.1. The molecular weight excluding hydrogens is 372 g/mol. The molecule has 2 aliphatic rings. The predicted octanol–water partition coefficient (Wildman–Crippen LogP) is 1.26. The fourth-order valence-corrected chi connectivity index (χ4v) is 3.69. The van der Waals surface area contributed by atoms with Gasteiger partial charge in [0.25, 0.3) is 5.91 Å². The first-order valence-corrected chi connectivity index (χ1v) is 9.66. The second-order valence-electron chi connectivity index (χ2n) is 7.36. The molecule has 5 N–H and O–H groups in total. The molecule has 1 saturated carbocycles. The lowest BCUT2D eigenvalue weighted by Gasteiger charge is -2.35. The van der Waals surface area contributed by atoms with Crippen molar-refractivity contribution in [1.29, 1.82) is 0 Å². The van der Waals surface area contributed by atoms with Crippen molar-refractivity contribution >= 4 is 29.3 Å². The fraction of sp³-hybridized carbons (Fsp3) is 0.400. The largest absolute Gasteiger partial charge is 0.475 e. The van der Waals surface area contributed by atoms with E-state index in [4.69, 9.17) is 16.2 Å². The second-order valence-corrected chi connectivity index (χ2v) is 7.36. The third kappa shape index (κ3) is 3.32. The maximum atomic E-state index is 13.1. The van der Waals surface area contributed by atoms with Gasteiger partial charge in [-0.15, -0.1) is 0 Å². The molecule has 29 heavy (non-hydrogen) atoms. The fourth-order valence-electron chi connectivity index (χ4n) is 3.69. The van der Waals surface area contributed by atoms with Crippen LogP contribution in [0.5, 0.6) is 5.75 Å². The molecule has 2 heterocycles. The smallest absolute Gasteiger partial charge is 0.271 e. The lowest BCUT2D eigenvalue weighted by molar-refractivity contribution is -0.128. The van der Waals surface area contributed by atoms with Crippen LogP contribution in [0.3, 0.4) is 0 Å². The van der Waals surface area contributed by atoms with Crippen molar-refractivity contribution in [3.8, 4) is 16.9 Å². The molecule has 152 valence electrons. The molecule has 9 nitrogen and oxygen atoms in total. The summed E-state index contributed by atoms with van der Waals surface area (Å²) in [6.45, 7) is 4.13. The minimum Gasteiger partial charge on any atom is -0.475 e. The van der Waals surface area contributed by atoms with Gasteiger partial charge in [-0.1, -0.05) is 13.0 Å². The number of nitrogen functional groups attached to an aromatic ring is 2. The Balaban J connectivity index is 1.76. The SMILES string of the molecule is CCc1nc(N)nc(N)c1-c1ccc2c(c1)N(CCNC(C)=O)C(=O)C1(CC1)O2. The summed E-state index contributed by atoms with van der Waals surface area (Å²) in [5.41, 5.74) is 14.0. The van der Waals surface area contributed by atoms with Gasteiger partial charge in [-0.3, -0.25) is 9.59 Å². The number of rotatable bonds is 5. The van der Waals surface area contributed by atoms with Crippen LogP contribution >= 0.6 is 0 Å². The molecule has 2 aromatic rings. The zero-order chi connectivity index (χ0) is 20.8. The van der Waals surface area contributed by atoms with Gasteiger partial charge >= 0.3 is 0 Å². The topological polar surface area (TPSA) is 136 Å². The Morgan fingerprint density at radius 2 is 2.07 bits per heavy atom. The quantitative estimate of drug-likeness (QED) is 0.692. The van der Waals surface area contributed by atoms with E-state index in [2.05, 4.69) is 15.3 Å². The molecule has 0 saturated heterocycles. The van der Waals surface area contributed by atoms with Crippen LogP contribution in [0.15, 0.2) is 18.2 Å². The van der Waals surface area contributed by atoms with E-state index in [1.165, 1.54) is 6.92 Å².